The highest BCUT2D eigenvalue weighted by atomic mass is 19.4. The van der Waals surface area contributed by atoms with Gasteiger partial charge in [0.2, 0.25) is 17.4 Å². The summed E-state index contributed by atoms with van der Waals surface area (Å²) in [4.78, 5) is 26.3. The maximum Gasteiger partial charge on any atom is 0.451 e. The number of halogens is 3. The lowest BCUT2D eigenvalue weighted by molar-refractivity contribution is -0.152. The van der Waals surface area contributed by atoms with Crippen molar-refractivity contribution in [3.63, 3.8) is 0 Å². The van der Waals surface area contributed by atoms with E-state index in [0.29, 0.717) is 11.3 Å². The van der Waals surface area contributed by atoms with Crippen molar-refractivity contribution < 1.29 is 27.2 Å². The quantitative estimate of drug-likeness (QED) is 0.680. The Morgan fingerprint density at radius 1 is 0.963 bits per heavy atom. The largest absolute Gasteiger partial charge is 0.451 e. The second-order valence-corrected chi connectivity index (χ2v) is 5.65. The monoisotopic (exact) mass is 374 g/mol. The molecule has 0 radical (unpaired) electrons. The Kier molecular flexibility index (Phi) is 4.81. The molecule has 1 N–H and O–H groups in total. The SMILES string of the molecule is CC(=O)C(=O)Nc1ccc(-c2nc(-c3ccccc3)c(C(F)(F)F)o2)cc1. The minimum atomic E-state index is -4.70. The number of carbonyl (C=O) groups is 2. The van der Waals surface area contributed by atoms with E-state index in [1.165, 1.54) is 36.4 Å². The summed E-state index contributed by atoms with van der Waals surface area (Å²) < 4.78 is 45.0. The van der Waals surface area contributed by atoms with E-state index in [0.717, 1.165) is 6.92 Å². The molecule has 0 unspecified atom stereocenters. The molecule has 27 heavy (non-hydrogen) atoms. The maximum atomic E-state index is 13.3. The number of hydrogen-bond donors (Lipinski definition) is 1. The van der Waals surface area contributed by atoms with E-state index < -0.39 is 23.6 Å². The van der Waals surface area contributed by atoms with Crippen LogP contribution in [0.1, 0.15) is 12.7 Å². The molecule has 0 spiro atoms. The molecule has 1 amide bonds. The molecule has 0 aliphatic carbocycles. The number of amides is 1. The van der Waals surface area contributed by atoms with E-state index in [2.05, 4.69) is 10.3 Å². The number of nitrogens with one attached hydrogen (secondary N) is 1. The van der Waals surface area contributed by atoms with Gasteiger partial charge in [0.05, 0.1) is 0 Å². The molecule has 0 saturated carbocycles. The number of carbonyl (C=O) groups excluding carboxylic acids is 2. The molecule has 1 aromatic heterocycles. The van der Waals surface area contributed by atoms with Crippen molar-refractivity contribution in [2.45, 2.75) is 13.1 Å². The van der Waals surface area contributed by atoms with Crippen LogP contribution in [0.5, 0.6) is 0 Å². The van der Waals surface area contributed by atoms with Crippen molar-refractivity contribution in [2.75, 3.05) is 5.32 Å². The molecule has 5 nitrogen and oxygen atoms in total. The number of alkyl halides is 3. The summed E-state index contributed by atoms with van der Waals surface area (Å²) in [5, 5.41) is 2.37. The first-order chi connectivity index (χ1) is 12.8. The summed E-state index contributed by atoms with van der Waals surface area (Å²) in [6, 6.07) is 13.7. The first-order valence-electron chi connectivity index (χ1n) is 7.81. The van der Waals surface area contributed by atoms with Crippen molar-refractivity contribution in [3.05, 3.63) is 60.4 Å². The Balaban J connectivity index is 1.97. The first-order valence-corrected chi connectivity index (χ1v) is 7.81. The Morgan fingerprint density at radius 2 is 1.59 bits per heavy atom. The van der Waals surface area contributed by atoms with Gasteiger partial charge in [-0.1, -0.05) is 30.3 Å². The molecular weight excluding hydrogens is 361 g/mol. The Bertz CT molecular complexity index is 978. The zero-order valence-corrected chi connectivity index (χ0v) is 14.0. The van der Waals surface area contributed by atoms with E-state index in [1.807, 2.05) is 0 Å². The topological polar surface area (TPSA) is 72.2 Å². The van der Waals surface area contributed by atoms with Crippen LogP contribution in [0.15, 0.2) is 59.0 Å². The van der Waals surface area contributed by atoms with Gasteiger partial charge in [0, 0.05) is 23.7 Å². The predicted molar refractivity (Wildman–Crippen MR) is 91.7 cm³/mol. The van der Waals surface area contributed by atoms with Gasteiger partial charge in [0.25, 0.3) is 5.91 Å². The van der Waals surface area contributed by atoms with Gasteiger partial charge in [-0.3, -0.25) is 9.59 Å². The fourth-order valence-corrected chi connectivity index (χ4v) is 2.34. The van der Waals surface area contributed by atoms with Crippen LogP contribution in [-0.2, 0) is 15.8 Å². The van der Waals surface area contributed by atoms with Crippen molar-refractivity contribution in [2.24, 2.45) is 0 Å². The van der Waals surface area contributed by atoms with Crippen molar-refractivity contribution in [1.82, 2.24) is 4.98 Å². The summed E-state index contributed by atoms with van der Waals surface area (Å²) >= 11 is 0. The van der Waals surface area contributed by atoms with E-state index in [9.17, 15) is 22.8 Å². The number of Topliss-reactive ketones (excluding diaryl/α,β-unsaturated/α-hetero) is 1. The van der Waals surface area contributed by atoms with Crippen molar-refractivity contribution >= 4 is 17.4 Å². The van der Waals surface area contributed by atoms with E-state index in [-0.39, 0.29) is 17.1 Å². The highest BCUT2D eigenvalue weighted by molar-refractivity contribution is 6.39. The first kappa shape index (κ1) is 18.4. The molecule has 1 heterocycles. The van der Waals surface area contributed by atoms with Crippen LogP contribution in [-0.4, -0.2) is 16.7 Å². The third-order valence-electron chi connectivity index (χ3n) is 3.64. The molecule has 8 heteroatoms. The Morgan fingerprint density at radius 3 is 2.15 bits per heavy atom. The molecule has 138 valence electrons. The molecule has 2 aromatic carbocycles. The number of nitrogens with zero attached hydrogens (tertiary/aromatic N) is 1. The summed E-state index contributed by atoms with van der Waals surface area (Å²) in [7, 11) is 0. The fraction of sp³-hybridized carbons (Fsp3) is 0.105. The fourth-order valence-electron chi connectivity index (χ4n) is 2.34. The van der Waals surface area contributed by atoms with Crippen LogP contribution < -0.4 is 5.32 Å². The van der Waals surface area contributed by atoms with Gasteiger partial charge in [0.15, 0.2) is 0 Å². The third kappa shape index (κ3) is 4.05. The van der Waals surface area contributed by atoms with Crippen LogP contribution in [0.4, 0.5) is 18.9 Å². The summed E-state index contributed by atoms with van der Waals surface area (Å²) in [6.45, 7) is 1.13. The van der Waals surface area contributed by atoms with Crippen LogP contribution >= 0.6 is 0 Å². The average molecular weight is 374 g/mol. The molecule has 0 bridgehead atoms. The number of oxazole rings is 1. The highest BCUT2D eigenvalue weighted by Crippen LogP contribution is 2.39. The van der Waals surface area contributed by atoms with E-state index in [4.69, 9.17) is 4.42 Å². The molecule has 3 rings (SSSR count). The molecule has 0 fully saturated rings. The lowest BCUT2D eigenvalue weighted by Gasteiger charge is -2.04. The zero-order chi connectivity index (χ0) is 19.6. The minimum absolute atomic E-state index is 0.203. The van der Waals surface area contributed by atoms with Crippen LogP contribution in [0, 0.1) is 0 Å². The summed E-state index contributed by atoms with van der Waals surface area (Å²) in [5.74, 6) is -2.83. The van der Waals surface area contributed by atoms with Gasteiger partial charge in [-0.25, -0.2) is 4.98 Å². The van der Waals surface area contributed by atoms with E-state index >= 15 is 0 Å². The third-order valence-corrected chi connectivity index (χ3v) is 3.64. The zero-order valence-electron chi connectivity index (χ0n) is 14.0. The normalized spacial score (nSPS) is 11.3. The Hall–Kier alpha value is -3.42. The molecule has 0 aliphatic heterocycles. The van der Waals surface area contributed by atoms with Crippen LogP contribution in [0.3, 0.4) is 0 Å². The number of benzene rings is 2. The number of ketones is 1. The number of anilines is 1. The molecular formula is C19H13F3N2O3. The average Bonchev–Trinajstić information content (AvgIpc) is 3.09. The van der Waals surface area contributed by atoms with Gasteiger partial charge >= 0.3 is 6.18 Å². The van der Waals surface area contributed by atoms with Crippen molar-refractivity contribution in [1.29, 1.82) is 0 Å². The minimum Gasteiger partial charge on any atom is -0.431 e. The molecule has 0 atom stereocenters. The van der Waals surface area contributed by atoms with Crippen molar-refractivity contribution in [3.8, 4) is 22.7 Å². The summed E-state index contributed by atoms with van der Waals surface area (Å²) in [6.07, 6.45) is -4.70. The van der Waals surface area contributed by atoms with Gasteiger partial charge in [-0.05, 0) is 24.3 Å². The standard InChI is InChI=1S/C19H13F3N2O3/c1-11(25)17(26)23-14-9-7-13(8-10-14)18-24-15(12-5-3-2-4-6-12)16(27-18)19(20,21)22/h2-10H,1H3,(H,23,26). The predicted octanol–water partition coefficient (Wildman–Crippen LogP) is 4.55. The second-order valence-electron chi connectivity index (χ2n) is 5.65. The number of hydrogen-bond acceptors (Lipinski definition) is 4. The van der Waals surface area contributed by atoms with Gasteiger partial charge < -0.3 is 9.73 Å². The lowest BCUT2D eigenvalue weighted by Crippen LogP contribution is -2.19. The molecule has 3 aromatic rings. The highest BCUT2D eigenvalue weighted by Gasteiger charge is 2.40. The maximum absolute atomic E-state index is 13.3. The van der Waals surface area contributed by atoms with E-state index in [1.54, 1.807) is 18.2 Å². The van der Waals surface area contributed by atoms with Crippen LogP contribution in [0.25, 0.3) is 22.7 Å². The molecule has 0 saturated heterocycles. The number of rotatable bonds is 4. The second kappa shape index (κ2) is 7.06. The van der Waals surface area contributed by atoms with Gasteiger partial charge in [0.1, 0.15) is 5.69 Å². The Labute approximate surface area is 151 Å². The lowest BCUT2D eigenvalue weighted by atomic mass is 10.1. The van der Waals surface area contributed by atoms with Crippen LogP contribution in [0.2, 0.25) is 0 Å². The number of aromatic nitrogens is 1. The van der Waals surface area contributed by atoms with Gasteiger partial charge in [-0.2, -0.15) is 13.2 Å². The summed E-state index contributed by atoms with van der Waals surface area (Å²) in [5.41, 5.74) is 0.602. The smallest absolute Gasteiger partial charge is 0.431 e. The molecule has 0 aliphatic rings. The van der Waals surface area contributed by atoms with Gasteiger partial charge in [-0.15, -0.1) is 0 Å².